The Labute approximate surface area is 204 Å². The fourth-order valence-electron chi connectivity index (χ4n) is 4.37. The van der Waals surface area contributed by atoms with Gasteiger partial charge in [0.25, 0.3) is 0 Å². The molecule has 0 aromatic heterocycles. The van der Waals surface area contributed by atoms with E-state index in [1.54, 1.807) is 24.3 Å². The molecule has 0 saturated carbocycles. The third kappa shape index (κ3) is 5.69. The van der Waals surface area contributed by atoms with Crippen molar-refractivity contribution in [3.63, 3.8) is 0 Å². The summed E-state index contributed by atoms with van der Waals surface area (Å²) in [6, 6.07) is 22.4. The van der Waals surface area contributed by atoms with Crippen molar-refractivity contribution in [2.24, 2.45) is 0 Å². The minimum absolute atomic E-state index is 0.0493. The number of carboxylic acid groups (broad SMARTS) is 1. The number of aliphatic carboxylic acids is 1. The Hall–Kier alpha value is -4.13. The number of carboxylic acids is 1. The van der Waals surface area contributed by atoms with Gasteiger partial charge in [0.2, 0.25) is 5.91 Å². The third-order valence-corrected chi connectivity index (χ3v) is 6.21. The van der Waals surface area contributed by atoms with Crippen LogP contribution in [0.3, 0.4) is 0 Å². The molecule has 35 heavy (non-hydrogen) atoms. The zero-order valence-electron chi connectivity index (χ0n) is 19.5. The first-order valence-corrected chi connectivity index (χ1v) is 11.7. The number of rotatable bonds is 9. The van der Waals surface area contributed by atoms with Crippen molar-refractivity contribution in [1.29, 1.82) is 0 Å². The van der Waals surface area contributed by atoms with Gasteiger partial charge in [-0.05, 0) is 52.8 Å². The van der Waals surface area contributed by atoms with E-state index in [4.69, 9.17) is 9.84 Å². The summed E-state index contributed by atoms with van der Waals surface area (Å²) in [5, 5.41) is 14.2. The maximum atomic E-state index is 12.7. The Balaban J connectivity index is 1.33. The van der Waals surface area contributed by atoms with Crippen molar-refractivity contribution in [3.8, 4) is 11.1 Å². The average Bonchev–Trinajstić information content (AvgIpc) is 3.19. The Kier molecular flexibility index (Phi) is 7.45. The van der Waals surface area contributed by atoms with Gasteiger partial charge >= 0.3 is 12.1 Å². The summed E-state index contributed by atoms with van der Waals surface area (Å²) < 4.78 is 5.56. The predicted molar refractivity (Wildman–Crippen MR) is 133 cm³/mol. The number of nitrogens with one attached hydrogen (secondary N) is 2. The van der Waals surface area contributed by atoms with Crippen molar-refractivity contribution in [2.75, 3.05) is 11.9 Å². The molecule has 1 aliphatic rings. The fraction of sp³-hybridized carbons (Fsp3) is 0.250. The largest absolute Gasteiger partial charge is 0.481 e. The highest BCUT2D eigenvalue weighted by molar-refractivity contribution is 5.96. The highest BCUT2D eigenvalue weighted by atomic mass is 16.5. The molecule has 0 aliphatic heterocycles. The Morgan fingerprint density at radius 1 is 0.914 bits per heavy atom. The van der Waals surface area contributed by atoms with E-state index in [1.807, 2.05) is 31.2 Å². The van der Waals surface area contributed by atoms with Crippen LogP contribution in [-0.2, 0) is 20.7 Å². The first-order valence-electron chi connectivity index (χ1n) is 11.7. The molecule has 7 heteroatoms. The van der Waals surface area contributed by atoms with Crippen molar-refractivity contribution >= 4 is 23.7 Å². The average molecular weight is 473 g/mol. The van der Waals surface area contributed by atoms with E-state index < -0.39 is 18.1 Å². The number of alkyl carbamates (subject to hydrolysis) is 1. The number of benzene rings is 3. The molecular weight excluding hydrogens is 444 g/mol. The molecule has 1 aliphatic carbocycles. The van der Waals surface area contributed by atoms with Crippen LogP contribution in [0.2, 0.25) is 0 Å². The van der Waals surface area contributed by atoms with Crippen molar-refractivity contribution in [3.05, 3.63) is 89.5 Å². The first-order chi connectivity index (χ1) is 17.0. The van der Waals surface area contributed by atoms with Crippen molar-refractivity contribution in [1.82, 2.24) is 5.32 Å². The Morgan fingerprint density at radius 3 is 2.09 bits per heavy atom. The van der Waals surface area contributed by atoms with Crippen molar-refractivity contribution < 1.29 is 24.2 Å². The van der Waals surface area contributed by atoms with Gasteiger partial charge in [0.1, 0.15) is 12.6 Å². The highest BCUT2D eigenvalue weighted by Crippen LogP contribution is 2.44. The van der Waals surface area contributed by atoms with Crippen LogP contribution in [0.5, 0.6) is 0 Å². The van der Waals surface area contributed by atoms with Crippen LogP contribution in [0.15, 0.2) is 72.8 Å². The zero-order valence-corrected chi connectivity index (χ0v) is 19.5. The summed E-state index contributed by atoms with van der Waals surface area (Å²) >= 11 is 0. The second-order valence-corrected chi connectivity index (χ2v) is 8.51. The number of fused-ring (bicyclic) bond motifs is 3. The van der Waals surface area contributed by atoms with E-state index in [0.29, 0.717) is 18.5 Å². The van der Waals surface area contributed by atoms with E-state index in [2.05, 4.69) is 34.9 Å². The fourth-order valence-corrected chi connectivity index (χ4v) is 4.37. The van der Waals surface area contributed by atoms with Crippen LogP contribution in [-0.4, -0.2) is 35.7 Å². The summed E-state index contributed by atoms with van der Waals surface area (Å²) in [7, 11) is 0. The number of hydrogen-bond donors (Lipinski definition) is 3. The van der Waals surface area contributed by atoms with Crippen LogP contribution < -0.4 is 10.6 Å². The summed E-state index contributed by atoms with van der Waals surface area (Å²) in [4.78, 5) is 36.0. The molecule has 0 bridgehead atoms. The van der Waals surface area contributed by atoms with Gasteiger partial charge in [-0.3, -0.25) is 9.59 Å². The normalized spacial score (nSPS) is 12.8. The van der Waals surface area contributed by atoms with Gasteiger partial charge in [0.05, 0.1) is 0 Å². The summed E-state index contributed by atoms with van der Waals surface area (Å²) in [6.45, 7) is 1.98. The summed E-state index contributed by atoms with van der Waals surface area (Å²) in [6.07, 6.45) is 0.225. The quantitative estimate of drug-likeness (QED) is 0.408. The number of amides is 2. The lowest BCUT2D eigenvalue weighted by atomic mass is 9.98. The second kappa shape index (κ2) is 10.9. The van der Waals surface area contributed by atoms with Gasteiger partial charge in [-0.2, -0.15) is 0 Å². The van der Waals surface area contributed by atoms with Gasteiger partial charge in [-0.1, -0.05) is 67.6 Å². The summed E-state index contributed by atoms with van der Waals surface area (Å²) in [5.41, 5.74) is 5.99. The number of aryl methyl sites for hydroxylation is 1. The zero-order chi connectivity index (χ0) is 24.8. The van der Waals surface area contributed by atoms with Gasteiger partial charge in [0, 0.05) is 18.0 Å². The molecule has 0 heterocycles. The lowest BCUT2D eigenvalue weighted by Crippen LogP contribution is -2.43. The van der Waals surface area contributed by atoms with Crippen LogP contribution in [0.25, 0.3) is 11.1 Å². The molecule has 180 valence electrons. The Morgan fingerprint density at radius 2 is 1.51 bits per heavy atom. The third-order valence-electron chi connectivity index (χ3n) is 6.21. The topological polar surface area (TPSA) is 105 Å². The van der Waals surface area contributed by atoms with Gasteiger partial charge in [-0.15, -0.1) is 0 Å². The molecule has 0 spiro atoms. The molecular formula is C28H28N2O5. The molecule has 3 N–H and O–H groups in total. The van der Waals surface area contributed by atoms with Crippen molar-refractivity contribution in [2.45, 2.75) is 38.1 Å². The number of carbonyl (C=O) groups excluding carboxylic acids is 2. The molecule has 1 atom stereocenters. The van der Waals surface area contributed by atoms with E-state index in [-0.39, 0.29) is 24.9 Å². The van der Waals surface area contributed by atoms with Crippen LogP contribution in [0, 0.1) is 0 Å². The highest BCUT2D eigenvalue weighted by Gasteiger charge is 2.29. The van der Waals surface area contributed by atoms with E-state index >= 15 is 0 Å². The molecule has 0 unspecified atom stereocenters. The van der Waals surface area contributed by atoms with E-state index in [0.717, 1.165) is 27.8 Å². The molecule has 2 amide bonds. The van der Waals surface area contributed by atoms with E-state index in [1.165, 1.54) is 0 Å². The van der Waals surface area contributed by atoms with E-state index in [9.17, 15) is 14.4 Å². The van der Waals surface area contributed by atoms with Crippen LogP contribution >= 0.6 is 0 Å². The number of hydrogen-bond acceptors (Lipinski definition) is 4. The minimum Gasteiger partial charge on any atom is -0.481 e. The summed E-state index contributed by atoms with van der Waals surface area (Å²) in [5.74, 6) is -1.26. The lowest BCUT2D eigenvalue weighted by Gasteiger charge is -2.19. The molecule has 3 aromatic carbocycles. The molecule has 7 nitrogen and oxygen atoms in total. The van der Waals surface area contributed by atoms with Gasteiger partial charge < -0.3 is 20.5 Å². The SMILES string of the molecule is CC[C@@H](NC(=O)OCC1c2ccccc2-c2ccccc21)C(=O)Nc1ccc(CCC(=O)O)cc1. The van der Waals surface area contributed by atoms with Gasteiger partial charge in [0.15, 0.2) is 0 Å². The molecule has 4 rings (SSSR count). The van der Waals surface area contributed by atoms with Gasteiger partial charge in [-0.25, -0.2) is 4.79 Å². The number of anilines is 1. The molecule has 0 fully saturated rings. The monoisotopic (exact) mass is 472 g/mol. The molecule has 3 aromatic rings. The number of carbonyl (C=O) groups is 3. The predicted octanol–water partition coefficient (Wildman–Crippen LogP) is 4.96. The van der Waals surface area contributed by atoms with Crippen LogP contribution in [0.4, 0.5) is 10.5 Å². The lowest BCUT2D eigenvalue weighted by molar-refractivity contribution is -0.137. The minimum atomic E-state index is -0.854. The first kappa shape index (κ1) is 24.0. The number of ether oxygens (including phenoxy) is 1. The van der Waals surface area contributed by atoms with Crippen LogP contribution in [0.1, 0.15) is 42.4 Å². The maximum Gasteiger partial charge on any atom is 0.407 e. The smallest absolute Gasteiger partial charge is 0.407 e. The molecule has 0 radical (unpaired) electrons. The Bertz CT molecular complexity index is 1180. The maximum absolute atomic E-state index is 12.7. The standard InChI is InChI=1S/C28H28N2O5/c1-2-25(27(33)29-19-14-11-18(12-15-19)13-16-26(31)32)30-28(34)35-17-24-22-9-5-3-7-20(22)21-8-4-6-10-23(21)24/h3-12,14-15,24-25H,2,13,16-17H2,1H3,(H,29,33)(H,30,34)(H,31,32)/t25-/m1/s1. The second-order valence-electron chi connectivity index (χ2n) is 8.51. The molecule has 0 saturated heterocycles.